The number of para-hydroxylation sites is 1. The number of alkyl halides is 2. The third-order valence-corrected chi connectivity index (χ3v) is 3.11. The molecule has 0 heterocycles. The molecule has 1 aromatic carbocycles. The third-order valence-electron chi connectivity index (χ3n) is 3.11. The van der Waals surface area contributed by atoms with Crippen molar-refractivity contribution in [1.29, 1.82) is 0 Å². The summed E-state index contributed by atoms with van der Waals surface area (Å²) in [7, 11) is 0. The van der Waals surface area contributed by atoms with E-state index in [1.807, 2.05) is 6.92 Å². The van der Waals surface area contributed by atoms with E-state index >= 15 is 0 Å². The van der Waals surface area contributed by atoms with Crippen molar-refractivity contribution >= 4 is 11.9 Å². The Morgan fingerprint density at radius 1 is 1.19 bits per heavy atom. The van der Waals surface area contributed by atoms with Crippen LogP contribution in [0.2, 0.25) is 0 Å². The molecule has 0 radical (unpaired) electrons. The summed E-state index contributed by atoms with van der Waals surface area (Å²) in [4.78, 5) is 15.2. The van der Waals surface area contributed by atoms with Gasteiger partial charge in [0, 0.05) is 32.1 Å². The summed E-state index contributed by atoms with van der Waals surface area (Å²) >= 11 is 0. The zero-order valence-electron chi connectivity index (χ0n) is 15.3. The van der Waals surface area contributed by atoms with Gasteiger partial charge in [0.05, 0.1) is 13.2 Å². The number of carbonyl (C=O) groups is 1. The van der Waals surface area contributed by atoms with Crippen molar-refractivity contribution in [2.45, 2.75) is 33.9 Å². The summed E-state index contributed by atoms with van der Waals surface area (Å²) in [5.74, 6) is 0.629. The quantitative estimate of drug-likeness (QED) is 0.332. The minimum atomic E-state index is -2.96. The molecule has 7 nitrogen and oxygen atoms in total. The van der Waals surface area contributed by atoms with Crippen LogP contribution in [0.5, 0.6) is 11.5 Å². The van der Waals surface area contributed by atoms with E-state index in [0.29, 0.717) is 37.8 Å². The number of aliphatic imine (C=N–C) groups is 1. The molecule has 0 aliphatic heterocycles. The molecule has 0 saturated carbocycles. The van der Waals surface area contributed by atoms with Gasteiger partial charge in [0.15, 0.2) is 17.5 Å². The lowest BCUT2D eigenvalue weighted by molar-refractivity contribution is -0.118. The summed E-state index contributed by atoms with van der Waals surface area (Å²) in [5.41, 5.74) is 0.482. The molecule has 0 spiro atoms. The van der Waals surface area contributed by atoms with Crippen molar-refractivity contribution in [1.82, 2.24) is 16.0 Å². The number of rotatable bonds is 10. The highest BCUT2D eigenvalue weighted by atomic mass is 19.3. The van der Waals surface area contributed by atoms with Gasteiger partial charge >= 0.3 is 6.61 Å². The number of halogens is 2. The van der Waals surface area contributed by atoms with Crippen molar-refractivity contribution < 1.29 is 23.0 Å². The number of hydrogen-bond acceptors (Lipinski definition) is 4. The minimum absolute atomic E-state index is 0.0119. The molecule has 1 aromatic rings. The SMILES string of the molecule is CCNC(=NCc1cccc(OCC)c1OC(F)F)NCCNC(C)=O. The molecule has 0 atom stereocenters. The molecule has 1 rings (SSSR count). The summed E-state index contributed by atoms with van der Waals surface area (Å²) in [6.07, 6.45) is 0. The molecule has 0 unspecified atom stereocenters. The first kappa shape index (κ1) is 21.5. The van der Waals surface area contributed by atoms with Crippen molar-refractivity contribution in [3.8, 4) is 11.5 Å². The summed E-state index contributed by atoms with van der Waals surface area (Å²) in [5, 5.41) is 8.76. The van der Waals surface area contributed by atoms with Crippen LogP contribution in [0, 0.1) is 0 Å². The molecule has 0 fully saturated rings. The zero-order chi connectivity index (χ0) is 19.4. The van der Waals surface area contributed by atoms with Crippen LogP contribution in [0.3, 0.4) is 0 Å². The van der Waals surface area contributed by atoms with E-state index in [2.05, 4.69) is 25.7 Å². The second kappa shape index (κ2) is 11.9. The molecule has 0 aliphatic carbocycles. The standard InChI is InChI=1S/C17H26F2N4O3/c1-4-20-17(22-10-9-21-12(3)24)23-11-13-7-6-8-14(25-5-2)15(13)26-16(18)19/h6-8,16H,4-5,9-11H2,1-3H3,(H,21,24)(H2,20,22,23). The van der Waals surface area contributed by atoms with Gasteiger partial charge in [-0.2, -0.15) is 8.78 Å². The van der Waals surface area contributed by atoms with Crippen LogP contribution in [0.15, 0.2) is 23.2 Å². The lowest BCUT2D eigenvalue weighted by atomic mass is 10.2. The molecule has 0 bridgehead atoms. The Balaban J connectivity index is 2.86. The molecule has 1 amide bonds. The van der Waals surface area contributed by atoms with Crippen molar-refractivity contribution in [2.75, 3.05) is 26.2 Å². The number of hydrogen-bond donors (Lipinski definition) is 3. The van der Waals surface area contributed by atoms with E-state index in [1.54, 1.807) is 25.1 Å². The lowest BCUT2D eigenvalue weighted by Crippen LogP contribution is -2.41. The minimum Gasteiger partial charge on any atom is -0.490 e. The van der Waals surface area contributed by atoms with Crippen molar-refractivity contribution in [2.24, 2.45) is 4.99 Å². The van der Waals surface area contributed by atoms with Crippen molar-refractivity contribution in [3.05, 3.63) is 23.8 Å². The Morgan fingerprint density at radius 2 is 1.92 bits per heavy atom. The first-order valence-corrected chi connectivity index (χ1v) is 8.44. The highest BCUT2D eigenvalue weighted by molar-refractivity contribution is 5.80. The number of benzene rings is 1. The zero-order valence-corrected chi connectivity index (χ0v) is 15.3. The molecular weight excluding hydrogens is 346 g/mol. The highest BCUT2D eigenvalue weighted by Gasteiger charge is 2.15. The van der Waals surface area contributed by atoms with Gasteiger partial charge in [-0.25, -0.2) is 4.99 Å². The molecule has 0 saturated heterocycles. The van der Waals surface area contributed by atoms with Crippen LogP contribution in [-0.4, -0.2) is 44.7 Å². The Bertz CT molecular complexity index is 597. The average Bonchev–Trinajstić information content (AvgIpc) is 2.58. The summed E-state index contributed by atoms with van der Waals surface area (Å²) in [6.45, 7) is 4.16. The monoisotopic (exact) mass is 372 g/mol. The lowest BCUT2D eigenvalue weighted by Gasteiger charge is -2.15. The predicted octanol–water partition coefficient (Wildman–Crippen LogP) is 1.88. The Labute approximate surface area is 152 Å². The maximum atomic E-state index is 12.7. The van der Waals surface area contributed by atoms with E-state index in [0.717, 1.165) is 0 Å². The highest BCUT2D eigenvalue weighted by Crippen LogP contribution is 2.33. The second-order valence-electron chi connectivity index (χ2n) is 5.16. The number of ether oxygens (including phenoxy) is 2. The number of nitrogens with zero attached hydrogens (tertiary/aromatic N) is 1. The summed E-state index contributed by atoms with van der Waals surface area (Å²) < 4.78 is 35.5. The van der Waals surface area contributed by atoms with Gasteiger partial charge in [-0.1, -0.05) is 12.1 Å². The van der Waals surface area contributed by atoms with Crippen LogP contribution in [0.4, 0.5) is 8.78 Å². The number of carbonyl (C=O) groups excluding carboxylic acids is 1. The molecule has 0 aliphatic rings. The second-order valence-corrected chi connectivity index (χ2v) is 5.16. The van der Waals surface area contributed by atoms with E-state index < -0.39 is 6.61 Å². The van der Waals surface area contributed by atoms with Gasteiger partial charge in [-0.05, 0) is 19.9 Å². The molecule has 3 N–H and O–H groups in total. The molecular formula is C17H26F2N4O3. The van der Waals surface area contributed by atoms with Crippen LogP contribution in [-0.2, 0) is 11.3 Å². The largest absolute Gasteiger partial charge is 0.490 e. The number of amides is 1. The normalized spacial score (nSPS) is 11.2. The third kappa shape index (κ3) is 8.00. The Kier molecular flexibility index (Phi) is 9.81. The topological polar surface area (TPSA) is 84.0 Å². The Hall–Kier alpha value is -2.58. The summed E-state index contributed by atoms with van der Waals surface area (Å²) in [6, 6.07) is 4.93. The number of guanidine groups is 1. The average molecular weight is 372 g/mol. The fourth-order valence-corrected chi connectivity index (χ4v) is 2.10. The van der Waals surface area contributed by atoms with Gasteiger partial charge in [-0.3, -0.25) is 4.79 Å². The predicted molar refractivity (Wildman–Crippen MR) is 95.7 cm³/mol. The fourth-order valence-electron chi connectivity index (χ4n) is 2.10. The van der Waals surface area contributed by atoms with Crippen LogP contribution >= 0.6 is 0 Å². The maximum absolute atomic E-state index is 12.7. The fraction of sp³-hybridized carbons (Fsp3) is 0.529. The van der Waals surface area contributed by atoms with Crippen LogP contribution < -0.4 is 25.4 Å². The van der Waals surface area contributed by atoms with Gasteiger partial charge in [0.2, 0.25) is 5.91 Å². The van der Waals surface area contributed by atoms with E-state index in [1.165, 1.54) is 6.92 Å². The van der Waals surface area contributed by atoms with Crippen LogP contribution in [0.25, 0.3) is 0 Å². The molecule has 26 heavy (non-hydrogen) atoms. The molecule has 0 aromatic heterocycles. The van der Waals surface area contributed by atoms with Gasteiger partial charge in [0.1, 0.15) is 0 Å². The molecule has 9 heteroatoms. The van der Waals surface area contributed by atoms with Gasteiger partial charge in [0.25, 0.3) is 0 Å². The maximum Gasteiger partial charge on any atom is 0.387 e. The first-order chi connectivity index (χ1) is 12.5. The number of nitrogens with one attached hydrogen (secondary N) is 3. The van der Waals surface area contributed by atoms with E-state index in [-0.39, 0.29) is 24.0 Å². The van der Waals surface area contributed by atoms with Crippen LogP contribution in [0.1, 0.15) is 26.3 Å². The van der Waals surface area contributed by atoms with Gasteiger partial charge in [-0.15, -0.1) is 0 Å². The van der Waals surface area contributed by atoms with Crippen molar-refractivity contribution in [3.63, 3.8) is 0 Å². The molecule has 146 valence electrons. The van der Waals surface area contributed by atoms with E-state index in [4.69, 9.17) is 4.74 Å². The first-order valence-electron chi connectivity index (χ1n) is 8.44. The van der Waals surface area contributed by atoms with E-state index in [9.17, 15) is 13.6 Å². The Morgan fingerprint density at radius 3 is 2.54 bits per heavy atom. The smallest absolute Gasteiger partial charge is 0.387 e. The van der Waals surface area contributed by atoms with Gasteiger partial charge < -0.3 is 25.4 Å².